The second-order valence-electron chi connectivity index (χ2n) is 2.54. The molecule has 13 heavy (non-hydrogen) atoms. The molecule has 2 N–H and O–H groups in total. The van der Waals surface area contributed by atoms with E-state index in [2.05, 4.69) is 10.0 Å². The molecule has 0 radical (unpaired) electrons. The fourth-order valence-electron chi connectivity index (χ4n) is 0.767. The second kappa shape index (κ2) is 7.91. The molecule has 2 amide bonds. The van der Waals surface area contributed by atoms with Crippen molar-refractivity contribution in [2.45, 2.75) is 26.2 Å². The topological polar surface area (TPSA) is 58.2 Å². The Labute approximate surface area is 83.0 Å². The van der Waals surface area contributed by atoms with E-state index >= 15 is 0 Å². The number of amides is 2. The van der Waals surface area contributed by atoms with Crippen molar-refractivity contribution in [3.8, 4) is 0 Å². The summed E-state index contributed by atoms with van der Waals surface area (Å²) in [4.78, 5) is 21.7. The molecule has 0 fully saturated rings. The molecule has 0 aliphatic rings. The van der Waals surface area contributed by atoms with Crippen LogP contribution in [0.4, 0.5) is 0 Å². The number of hydrogen-bond donors (Lipinski definition) is 2. The third kappa shape index (κ3) is 7.64. The first-order chi connectivity index (χ1) is 6.20. The van der Waals surface area contributed by atoms with Gasteiger partial charge >= 0.3 is 0 Å². The van der Waals surface area contributed by atoms with Gasteiger partial charge in [0.25, 0.3) is 0 Å². The Bertz CT molecular complexity index is 174. The van der Waals surface area contributed by atoms with Crippen LogP contribution in [0.15, 0.2) is 0 Å². The number of carbonyl (C=O) groups is 2. The highest BCUT2D eigenvalue weighted by Gasteiger charge is 2.00. The number of rotatable bonds is 6. The minimum absolute atomic E-state index is 0.0123. The van der Waals surface area contributed by atoms with Crippen molar-refractivity contribution < 1.29 is 9.59 Å². The maximum absolute atomic E-state index is 10.9. The zero-order valence-corrected chi connectivity index (χ0v) is 8.87. The van der Waals surface area contributed by atoms with Crippen LogP contribution in [0.1, 0.15) is 26.2 Å². The van der Waals surface area contributed by atoms with Gasteiger partial charge in [-0.25, -0.2) is 0 Å². The zero-order valence-electron chi connectivity index (χ0n) is 8.05. The highest BCUT2D eigenvalue weighted by Crippen LogP contribution is 1.91. The number of carbonyl (C=O) groups excluding carboxylic acids is 2. The van der Waals surface area contributed by atoms with E-state index in [4.69, 9.17) is 0 Å². The minimum Gasteiger partial charge on any atom is -0.356 e. The summed E-state index contributed by atoms with van der Waals surface area (Å²) in [5.41, 5.74) is 0. The summed E-state index contributed by atoms with van der Waals surface area (Å²) >= 11 is 1.29. The van der Waals surface area contributed by atoms with Gasteiger partial charge < -0.3 is 10.0 Å². The van der Waals surface area contributed by atoms with E-state index in [0.717, 1.165) is 0 Å². The van der Waals surface area contributed by atoms with Gasteiger partial charge in [-0.1, -0.05) is 18.9 Å². The SMILES string of the molecule is CCC(=O)NCCCC(=O)NSC. The molecule has 0 aromatic heterocycles. The molecule has 4 nitrogen and oxygen atoms in total. The molecule has 0 heterocycles. The van der Waals surface area contributed by atoms with Crippen LogP contribution in [0.25, 0.3) is 0 Å². The van der Waals surface area contributed by atoms with Crippen molar-refractivity contribution in [1.82, 2.24) is 10.0 Å². The Morgan fingerprint density at radius 2 is 2.00 bits per heavy atom. The van der Waals surface area contributed by atoms with Crippen LogP contribution in [0, 0.1) is 0 Å². The fourth-order valence-corrected chi connectivity index (χ4v) is 1.10. The van der Waals surface area contributed by atoms with Crippen LogP contribution >= 0.6 is 11.9 Å². The van der Waals surface area contributed by atoms with Crippen molar-refractivity contribution in [3.63, 3.8) is 0 Å². The third-order valence-electron chi connectivity index (χ3n) is 1.44. The maximum atomic E-state index is 10.9. The zero-order chi connectivity index (χ0) is 10.1. The molecule has 76 valence electrons. The summed E-state index contributed by atoms with van der Waals surface area (Å²) < 4.78 is 2.61. The monoisotopic (exact) mass is 204 g/mol. The van der Waals surface area contributed by atoms with E-state index < -0.39 is 0 Å². The van der Waals surface area contributed by atoms with Crippen molar-refractivity contribution in [2.24, 2.45) is 0 Å². The van der Waals surface area contributed by atoms with Gasteiger partial charge in [0.2, 0.25) is 11.8 Å². The van der Waals surface area contributed by atoms with Crippen LogP contribution in [-0.2, 0) is 9.59 Å². The predicted octanol–water partition coefficient (Wildman–Crippen LogP) is 0.687. The first kappa shape index (κ1) is 12.3. The van der Waals surface area contributed by atoms with Crippen LogP contribution in [-0.4, -0.2) is 24.6 Å². The summed E-state index contributed by atoms with van der Waals surface area (Å²) in [6.07, 6.45) is 3.46. The van der Waals surface area contributed by atoms with Crippen molar-refractivity contribution in [1.29, 1.82) is 0 Å². The van der Waals surface area contributed by atoms with Crippen molar-refractivity contribution in [2.75, 3.05) is 12.8 Å². The number of hydrogen-bond acceptors (Lipinski definition) is 3. The van der Waals surface area contributed by atoms with Crippen LogP contribution in [0.3, 0.4) is 0 Å². The standard InChI is InChI=1S/C8H16N2O2S/c1-3-7(11)9-6-4-5-8(12)10-13-2/h3-6H2,1-2H3,(H,9,11)(H,10,12). The van der Waals surface area contributed by atoms with Crippen molar-refractivity contribution in [3.05, 3.63) is 0 Å². The molecule has 0 bridgehead atoms. The Kier molecular flexibility index (Phi) is 7.48. The lowest BCUT2D eigenvalue weighted by Crippen LogP contribution is -2.24. The van der Waals surface area contributed by atoms with Crippen molar-refractivity contribution >= 4 is 23.8 Å². The quantitative estimate of drug-likeness (QED) is 0.494. The first-order valence-electron chi connectivity index (χ1n) is 4.29. The molecular formula is C8H16N2O2S. The molecule has 0 atom stereocenters. The highest BCUT2D eigenvalue weighted by atomic mass is 32.2. The molecule has 0 saturated heterocycles. The summed E-state index contributed by atoms with van der Waals surface area (Å²) in [6, 6.07) is 0. The first-order valence-corrected chi connectivity index (χ1v) is 5.51. The van der Waals surface area contributed by atoms with Gasteiger partial charge in [0.05, 0.1) is 0 Å². The molecule has 5 heteroatoms. The maximum Gasteiger partial charge on any atom is 0.229 e. The van der Waals surface area contributed by atoms with E-state index in [-0.39, 0.29) is 11.8 Å². The normalized spacial score (nSPS) is 9.38. The summed E-state index contributed by atoms with van der Waals surface area (Å²) in [5, 5.41) is 2.70. The largest absolute Gasteiger partial charge is 0.356 e. The van der Waals surface area contributed by atoms with Crippen LogP contribution in [0.2, 0.25) is 0 Å². The van der Waals surface area contributed by atoms with Crippen LogP contribution < -0.4 is 10.0 Å². The molecule has 0 spiro atoms. The Balaban J connectivity index is 3.25. The highest BCUT2D eigenvalue weighted by molar-refractivity contribution is 7.97. The van der Waals surface area contributed by atoms with E-state index in [1.165, 1.54) is 11.9 Å². The fraction of sp³-hybridized carbons (Fsp3) is 0.750. The average Bonchev–Trinajstić information content (AvgIpc) is 2.12. The lowest BCUT2D eigenvalue weighted by molar-refractivity contribution is -0.122. The molecular weight excluding hydrogens is 188 g/mol. The van der Waals surface area contributed by atoms with Gasteiger partial charge in [0, 0.05) is 25.6 Å². The Morgan fingerprint density at radius 1 is 1.31 bits per heavy atom. The van der Waals surface area contributed by atoms with Gasteiger partial charge in [0.15, 0.2) is 0 Å². The van der Waals surface area contributed by atoms with E-state index in [0.29, 0.717) is 25.8 Å². The summed E-state index contributed by atoms with van der Waals surface area (Å²) in [5.74, 6) is 0.0449. The average molecular weight is 204 g/mol. The van der Waals surface area contributed by atoms with Gasteiger partial charge in [-0.2, -0.15) is 0 Å². The minimum atomic E-state index is 0.0123. The smallest absolute Gasteiger partial charge is 0.229 e. The molecule has 0 saturated carbocycles. The summed E-state index contributed by atoms with van der Waals surface area (Å²) in [6.45, 7) is 2.38. The van der Waals surface area contributed by atoms with Gasteiger partial charge in [-0.15, -0.1) is 0 Å². The van der Waals surface area contributed by atoms with Gasteiger partial charge in [-0.05, 0) is 6.42 Å². The molecule has 0 aromatic carbocycles. The third-order valence-corrected chi connectivity index (χ3v) is 1.87. The molecule has 0 aliphatic heterocycles. The number of nitrogens with one attached hydrogen (secondary N) is 2. The predicted molar refractivity (Wildman–Crippen MR) is 54.2 cm³/mol. The molecule has 0 rings (SSSR count). The van der Waals surface area contributed by atoms with Gasteiger partial charge in [-0.3, -0.25) is 9.59 Å². The lowest BCUT2D eigenvalue weighted by atomic mass is 10.3. The van der Waals surface area contributed by atoms with E-state index in [1.807, 2.05) is 0 Å². The summed E-state index contributed by atoms with van der Waals surface area (Å²) in [7, 11) is 0. The Hall–Kier alpha value is -0.710. The lowest BCUT2D eigenvalue weighted by Gasteiger charge is -2.02. The van der Waals surface area contributed by atoms with Crippen LogP contribution in [0.5, 0.6) is 0 Å². The molecule has 0 unspecified atom stereocenters. The Morgan fingerprint density at radius 3 is 2.54 bits per heavy atom. The van der Waals surface area contributed by atoms with Gasteiger partial charge in [0.1, 0.15) is 0 Å². The molecule has 0 aliphatic carbocycles. The van der Waals surface area contributed by atoms with E-state index in [9.17, 15) is 9.59 Å². The van der Waals surface area contributed by atoms with E-state index in [1.54, 1.807) is 13.2 Å². The second-order valence-corrected chi connectivity index (χ2v) is 3.15. The molecule has 0 aromatic rings.